The maximum atomic E-state index is 12.0. The number of aromatic nitrogens is 4. The highest BCUT2D eigenvalue weighted by molar-refractivity contribution is 5.98. The Morgan fingerprint density at radius 2 is 2.33 bits per heavy atom. The van der Waals surface area contributed by atoms with Gasteiger partial charge >= 0.3 is 0 Å². The van der Waals surface area contributed by atoms with Gasteiger partial charge in [0.25, 0.3) is 11.8 Å². The minimum atomic E-state index is -0.271. The molecule has 3 heterocycles. The van der Waals surface area contributed by atoms with E-state index in [1.807, 2.05) is 0 Å². The molecule has 110 valence electrons. The maximum Gasteiger partial charge on any atom is 0.271 e. The molecule has 0 unspecified atom stereocenters. The average Bonchev–Trinajstić information content (AvgIpc) is 3.12. The second kappa shape index (κ2) is 5.39. The van der Waals surface area contributed by atoms with E-state index in [4.69, 9.17) is 0 Å². The lowest BCUT2D eigenvalue weighted by Gasteiger charge is -2.22. The van der Waals surface area contributed by atoms with E-state index in [9.17, 15) is 9.59 Å². The van der Waals surface area contributed by atoms with Crippen molar-refractivity contribution in [3.8, 4) is 0 Å². The molecule has 0 spiro atoms. The fraction of sp³-hybridized carbons (Fsp3) is 0.385. The SMILES string of the molecule is CN1CCn2nc(C(=O)NCCc3cnc[nH]3)cc2C1=O. The molecule has 2 aromatic rings. The number of nitrogens with one attached hydrogen (secondary N) is 2. The van der Waals surface area contributed by atoms with Gasteiger partial charge in [-0.2, -0.15) is 5.10 Å². The number of hydrogen-bond donors (Lipinski definition) is 2. The van der Waals surface area contributed by atoms with Gasteiger partial charge in [0.05, 0.1) is 12.9 Å². The third-order valence-corrected chi connectivity index (χ3v) is 3.46. The van der Waals surface area contributed by atoms with Crippen molar-refractivity contribution in [1.82, 2.24) is 30.0 Å². The first kappa shape index (κ1) is 13.3. The number of H-pyrrole nitrogens is 1. The number of fused-ring (bicyclic) bond motifs is 1. The van der Waals surface area contributed by atoms with E-state index in [2.05, 4.69) is 20.4 Å². The number of nitrogens with zero attached hydrogens (tertiary/aromatic N) is 4. The molecule has 8 heteroatoms. The molecule has 8 nitrogen and oxygen atoms in total. The van der Waals surface area contributed by atoms with Gasteiger partial charge in [0.2, 0.25) is 0 Å². The summed E-state index contributed by atoms with van der Waals surface area (Å²) in [5.74, 6) is -0.378. The third kappa shape index (κ3) is 2.64. The van der Waals surface area contributed by atoms with Crippen LogP contribution in [0.25, 0.3) is 0 Å². The van der Waals surface area contributed by atoms with Crippen LogP contribution in [0.5, 0.6) is 0 Å². The molecular formula is C13H16N6O2. The Hall–Kier alpha value is -2.64. The molecule has 0 bridgehead atoms. The molecular weight excluding hydrogens is 272 g/mol. The molecule has 0 radical (unpaired) electrons. The number of aromatic amines is 1. The molecule has 21 heavy (non-hydrogen) atoms. The molecule has 0 aromatic carbocycles. The molecule has 2 aromatic heterocycles. The van der Waals surface area contributed by atoms with Gasteiger partial charge in [0.15, 0.2) is 5.69 Å². The van der Waals surface area contributed by atoms with Crippen molar-refractivity contribution in [1.29, 1.82) is 0 Å². The van der Waals surface area contributed by atoms with Crippen molar-refractivity contribution in [3.05, 3.63) is 35.7 Å². The Labute approximate surface area is 121 Å². The first-order valence-electron chi connectivity index (χ1n) is 6.74. The molecule has 0 atom stereocenters. The number of carbonyl (C=O) groups is 2. The minimum absolute atomic E-state index is 0.106. The highest BCUT2D eigenvalue weighted by Gasteiger charge is 2.25. The number of amides is 2. The summed E-state index contributed by atoms with van der Waals surface area (Å²) in [6.07, 6.45) is 3.99. The summed E-state index contributed by atoms with van der Waals surface area (Å²) >= 11 is 0. The molecule has 0 saturated heterocycles. The van der Waals surface area contributed by atoms with E-state index in [1.165, 1.54) is 0 Å². The van der Waals surface area contributed by atoms with Gasteiger partial charge in [-0.05, 0) is 0 Å². The van der Waals surface area contributed by atoms with Crippen LogP contribution in [0.2, 0.25) is 0 Å². The monoisotopic (exact) mass is 288 g/mol. The zero-order chi connectivity index (χ0) is 14.8. The van der Waals surface area contributed by atoms with Crippen LogP contribution in [-0.4, -0.2) is 56.6 Å². The van der Waals surface area contributed by atoms with Crippen molar-refractivity contribution in [3.63, 3.8) is 0 Å². The van der Waals surface area contributed by atoms with Gasteiger partial charge in [0, 0.05) is 44.5 Å². The largest absolute Gasteiger partial charge is 0.350 e. The Morgan fingerprint density at radius 3 is 3.10 bits per heavy atom. The van der Waals surface area contributed by atoms with Crippen LogP contribution in [0, 0.1) is 0 Å². The number of carbonyl (C=O) groups excluding carboxylic acids is 2. The van der Waals surface area contributed by atoms with Gasteiger partial charge < -0.3 is 15.2 Å². The number of likely N-dealkylation sites (N-methyl/N-ethyl adjacent to an activating group) is 1. The number of rotatable bonds is 4. The van der Waals surface area contributed by atoms with Gasteiger partial charge in [-0.3, -0.25) is 14.3 Å². The summed E-state index contributed by atoms with van der Waals surface area (Å²) in [6, 6.07) is 1.55. The van der Waals surface area contributed by atoms with Crippen LogP contribution in [0.1, 0.15) is 26.7 Å². The van der Waals surface area contributed by atoms with Crippen molar-refractivity contribution < 1.29 is 9.59 Å². The predicted molar refractivity (Wildman–Crippen MR) is 73.8 cm³/mol. The summed E-state index contributed by atoms with van der Waals surface area (Å²) < 4.78 is 1.59. The minimum Gasteiger partial charge on any atom is -0.350 e. The van der Waals surface area contributed by atoms with Crippen LogP contribution >= 0.6 is 0 Å². The summed E-state index contributed by atoms with van der Waals surface area (Å²) in [7, 11) is 1.74. The summed E-state index contributed by atoms with van der Waals surface area (Å²) in [4.78, 5) is 32.5. The molecule has 2 amide bonds. The van der Waals surface area contributed by atoms with E-state index in [1.54, 1.807) is 35.2 Å². The van der Waals surface area contributed by atoms with Gasteiger partial charge in [0.1, 0.15) is 5.69 Å². The normalized spacial score (nSPS) is 14.1. The highest BCUT2D eigenvalue weighted by Crippen LogP contribution is 2.12. The lowest BCUT2D eigenvalue weighted by atomic mass is 10.2. The highest BCUT2D eigenvalue weighted by atomic mass is 16.2. The van der Waals surface area contributed by atoms with Gasteiger partial charge in [-0.1, -0.05) is 0 Å². The van der Waals surface area contributed by atoms with E-state index < -0.39 is 0 Å². The quantitative estimate of drug-likeness (QED) is 0.805. The zero-order valence-electron chi connectivity index (χ0n) is 11.7. The van der Waals surface area contributed by atoms with E-state index >= 15 is 0 Å². The van der Waals surface area contributed by atoms with E-state index in [0.717, 1.165) is 5.69 Å². The van der Waals surface area contributed by atoms with E-state index in [0.29, 0.717) is 31.7 Å². The van der Waals surface area contributed by atoms with Crippen LogP contribution in [-0.2, 0) is 13.0 Å². The Kier molecular flexibility index (Phi) is 3.43. The topological polar surface area (TPSA) is 95.9 Å². The van der Waals surface area contributed by atoms with Crippen LogP contribution < -0.4 is 5.32 Å². The van der Waals surface area contributed by atoms with Crippen LogP contribution in [0.4, 0.5) is 0 Å². The zero-order valence-corrected chi connectivity index (χ0v) is 11.7. The maximum absolute atomic E-state index is 12.0. The lowest BCUT2D eigenvalue weighted by molar-refractivity contribution is 0.0742. The smallest absolute Gasteiger partial charge is 0.271 e. The first-order chi connectivity index (χ1) is 10.1. The molecule has 0 aliphatic carbocycles. The number of imidazole rings is 1. The Bertz CT molecular complexity index is 660. The van der Waals surface area contributed by atoms with Gasteiger partial charge in [-0.25, -0.2) is 4.98 Å². The summed E-state index contributed by atoms with van der Waals surface area (Å²) in [6.45, 7) is 1.70. The first-order valence-corrected chi connectivity index (χ1v) is 6.74. The van der Waals surface area contributed by atoms with Gasteiger partial charge in [-0.15, -0.1) is 0 Å². The van der Waals surface area contributed by atoms with Crippen molar-refractivity contribution in [2.45, 2.75) is 13.0 Å². The average molecular weight is 288 g/mol. The molecule has 3 rings (SSSR count). The van der Waals surface area contributed by atoms with Crippen molar-refractivity contribution >= 4 is 11.8 Å². The van der Waals surface area contributed by atoms with Crippen LogP contribution in [0.3, 0.4) is 0 Å². The second-order valence-corrected chi connectivity index (χ2v) is 4.95. The van der Waals surface area contributed by atoms with Crippen LogP contribution in [0.15, 0.2) is 18.6 Å². The summed E-state index contributed by atoms with van der Waals surface area (Å²) in [5, 5.41) is 6.97. The molecule has 1 aliphatic heterocycles. The fourth-order valence-corrected chi connectivity index (χ4v) is 2.23. The second-order valence-electron chi connectivity index (χ2n) is 4.95. The van der Waals surface area contributed by atoms with E-state index in [-0.39, 0.29) is 17.5 Å². The lowest BCUT2D eigenvalue weighted by Crippen LogP contribution is -2.37. The summed E-state index contributed by atoms with van der Waals surface area (Å²) in [5.41, 5.74) is 1.69. The van der Waals surface area contributed by atoms with Crippen molar-refractivity contribution in [2.24, 2.45) is 0 Å². The molecule has 0 saturated carbocycles. The standard InChI is InChI=1S/C13H16N6O2/c1-18-4-5-19-11(13(18)21)6-10(17-19)12(20)15-3-2-9-7-14-8-16-9/h6-8H,2-5H2,1H3,(H,14,16)(H,15,20). The Morgan fingerprint density at radius 1 is 1.48 bits per heavy atom. The molecule has 2 N–H and O–H groups in total. The third-order valence-electron chi connectivity index (χ3n) is 3.46. The Balaban J connectivity index is 1.63. The number of hydrogen-bond acceptors (Lipinski definition) is 4. The fourth-order valence-electron chi connectivity index (χ4n) is 2.23. The molecule has 1 aliphatic rings. The van der Waals surface area contributed by atoms with Crippen molar-refractivity contribution in [2.75, 3.05) is 20.1 Å². The molecule has 0 fully saturated rings. The predicted octanol–water partition coefficient (Wildman–Crippen LogP) is -0.336.